The van der Waals surface area contributed by atoms with Crippen LogP contribution in [0.25, 0.3) is 0 Å². The van der Waals surface area contributed by atoms with Gasteiger partial charge >= 0.3 is 0 Å². The molecule has 0 saturated heterocycles. The van der Waals surface area contributed by atoms with E-state index < -0.39 is 0 Å². The zero-order valence-corrected chi connectivity index (χ0v) is 10.3. The lowest BCUT2D eigenvalue weighted by atomic mass is 9.98. The minimum absolute atomic E-state index is 0.0418. The molecule has 2 atom stereocenters. The number of rotatable bonds is 2. The van der Waals surface area contributed by atoms with E-state index in [1.54, 1.807) is 6.20 Å². The predicted octanol–water partition coefficient (Wildman–Crippen LogP) is 3.58. The summed E-state index contributed by atoms with van der Waals surface area (Å²) >= 11 is 5.89. The maximum Gasteiger partial charge on any atom is 0.171 e. The van der Waals surface area contributed by atoms with Crippen LogP contribution in [0.1, 0.15) is 23.3 Å². The number of hydrogen-bond acceptors (Lipinski definition) is 3. The highest BCUT2D eigenvalue weighted by Gasteiger charge is 2.29. The summed E-state index contributed by atoms with van der Waals surface area (Å²) < 4.78 is 5.58. The number of hydrogen-bond donors (Lipinski definition) is 0. The lowest BCUT2D eigenvalue weighted by Gasteiger charge is -2.17. The molecule has 0 N–H and O–H groups in total. The van der Waals surface area contributed by atoms with Crippen LogP contribution in [0.2, 0.25) is 5.02 Å². The maximum atomic E-state index is 5.89. The average Bonchev–Trinajstić information content (AvgIpc) is 2.90. The molecule has 3 nitrogen and oxygen atoms in total. The van der Waals surface area contributed by atoms with Crippen LogP contribution in [0.4, 0.5) is 0 Å². The molecule has 1 aromatic carbocycles. The standard InChI is InChI=1S/C14H11ClN2O/c15-12-5-3-10(4-6-12)14-13(17-9-18-14)11-2-1-7-16-8-11/h1-9,13-14H. The summed E-state index contributed by atoms with van der Waals surface area (Å²) in [6, 6.07) is 11.5. The molecular formula is C14H11ClN2O. The third kappa shape index (κ3) is 2.09. The molecule has 90 valence electrons. The first-order chi connectivity index (χ1) is 8.84. The van der Waals surface area contributed by atoms with E-state index in [1.807, 2.05) is 42.6 Å². The zero-order chi connectivity index (χ0) is 12.4. The summed E-state index contributed by atoms with van der Waals surface area (Å²) in [7, 11) is 0. The topological polar surface area (TPSA) is 34.5 Å². The van der Waals surface area contributed by atoms with E-state index >= 15 is 0 Å². The first-order valence-electron chi connectivity index (χ1n) is 5.67. The third-order valence-corrected chi connectivity index (χ3v) is 3.19. The summed E-state index contributed by atoms with van der Waals surface area (Å²) in [6.07, 6.45) is 4.98. The van der Waals surface area contributed by atoms with Gasteiger partial charge in [0.2, 0.25) is 0 Å². The quantitative estimate of drug-likeness (QED) is 0.825. The van der Waals surface area contributed by atoms with E-state index in [2.05, 4.69) is 9.98 Å². The summed E-state index contributed by atoms with van der Waals surface area (Å²) in [5, 5.41) is 0.718. The smallest absolute Gasteiger partial charge is 0.171 e. The van der Waals surface area contributed by atoms with Gasteiger partial charge in [0, 0.05) is 17.4 Å². The molecule has 0 fully saturated rings. The second-order valence-electron chi connectivity index (χ2n) is 4.09. The summed E-state index contributed by atoms with van der Waals surface area (Å²) in [6.45, 7) is 0. The molecule has 2 unspecified atom stereocenters. The van der Waals surface area contributed by atoms with Gasteiger partial charge in [-0.1, -0.05) is 29.8 Å². The molecule has 1 aliphatic rings. The van der Waals surface area contributed by atoms with Crippen LogP contribution in [0.3, 0.4) is 0 Å². The van der Waals surface area contributed by atoms with Crippen LogP contribution in [0.15, 0.2) is 53.8 Å². The number of benzene rings is 1. The van der Waals surface area contributed by atoms with E-state index in [0.717, 1.165) is 16.1 Å². The van der Waals surface area contributed by atoms with E-state index in [9.17, 15) is 0 Å². The normalized spacial score (nSPS) is 21.8. The predicted molar refractivity (Wildman–Crippen MR) is 70.7 cm³/mol. The molecule has 0 spiro atoms. The number of nitrogens with zero attached hydrogens (tertiary/aromatic N) is 2. The van der Waals surface area contributed by atoms with Crippen molar-refractivity contribution in [3.05, 3.63) is 64.9 Å². The van der Waals surface area contributed by atoms with Gasteiger partial charge in [-0.3, -0.25) is 4.98 Å². The van der Waals surface area contributed by atoms with Crippen LogP contribution >= 0.6 is 11.6 Å². The molecular weight excluding hydrogens is 248 g/mol. The molecule has 2 aromatic rings. The lowest BCUT2D eigenvalue weighted by Crippen LogP contribution is -2.07. The number of pyridine rings is 1. The van der Waals surface area contributed by atoms with Crippen LogP contribution in [-0.4, -0.2) is 11.4 Å². The summed E-state index contributed by atoms with van der Waals surface area (Å²) in [5.74, 6) is 0. The van der Waals surface area contributed by atoms with Crippen LogP contribution in [-0.2, 0) is 4.74 Å². The Balaban J connectivity index is 1.91. The van der Waals surface area contributed by atoms with Gasteiger partial charge in [-0.2, -0.15) is 0 Å². The molecule has 4 heteroatoms. The van der Waals surface area contributed by atoms with Gasteiger partial charge in [-0.15, -0.1) is 0 Å². The highest BCUT2D eigenvalue weighted by Crippen LogP contribution is 2.37. The lowest BCUT2D eigenvalue weighted by molar-refractivity contribution is 0.204. The fraction of sp³-hybridized carbons (Fsp3) is 0.143. The molecule has 0 amide bonds. The third-order valence-electron chi connectivity index (χ3n) is 2.94. The largest absolute Gasteiger partial charge is 0.473 e. The van der Waals surface area contributed by atoms with Gasteiger partial charge in [-0.25, -0.2) is 4.99 Å². The zero-order valence-electron chi connectivity index (χ0n) is 9.53. The Morgan fingerprint density at radius 2 is 1.89 bits per heavy atom. The fourth-order valence-electron chi connectivity index (χ4n) is 2.04. The van der Waals surface area contributed by atoms with Crippen molar-refractivity contribution in [2.75, 3.05) is 0 Å². The van der Waals surface area contributed by atoms with Gasteiger partial charge < -0.3 is 4.74 Å². The molecule has 3 rings (SSSR count). The molecule has 1 aromatic heterocycles. The first kappa shape index (κ1) is 11.2. The first-order valence-corrected chi connectivity index (χ1v) is 6.05. The number of ether oxygens (including phenoxy) is 1. The van der Waals surface area contributed by atoms with Crippen LogP contribution < -0.4 is 0 Å². The van der Waals surface area contributed by atoms with E-state index in [1.165, 1.54) is 6.40 Å². The average molecular weight is 259 g/mol. The number of halogens is 1. The molecule has 0 bridgehead atoms. The second kappa shape index (κ2) is 4.78. The molecule has 18 heavy (non-hydrogen) atoms. The number of aromatic nitrogens is 1. The van der Waals surface area contributed by atoms with Crippen molar-refractivity contribution in [2.45, 2.75) is 12.1 Å². The second-order valence-corrected chi connectivity index (χ2v) is 4.53. The SMILES string of the molecule is Clc1ccc(C2OC=NC2c2cccnc2)cc1. The highest BCUT2D eigenvalue weighted by atomic mass is 35.5. The van der Waals surface area contributed by atoms with Crippen molar-refractivity contribution in [1.82, 2.24) is 4.98 Å². The fourth-order valence-corrected chi connectivity index (χ4v) is 2.17. The molecule has 0 radical (unpaired) electrons. The molecule has 2 heterocycles. The Kier molecular flexibility index (Phi) is 2.99. The summed E-state index contributed by atoms with van der Waals surface area (Å²) in [4.78, 5) is 8.49. The van der Waals surface area contributed by atoms with E-state index in [4.69, 9.17) is 16.3 Å². The Hall–Kier alpha value is -1.87. The minimum Gasteiger partial charge on any atom is -0.473 e. The Morgan fingerprint density at radius 3 is 2.61 bits per heavy atom. The minimum atomic E-state index is -0.105. The Labute approximate surface area is 110 Å². The van der Waals surface area contributed by atoms with Crippen molar-refractivity contribution < 1.29 is 4.74 Å². The molecule has 1 aliphatic heterocycles. The van der Waals surface area contributed by atoms with Crippen molar-refractivity contribution in [1.29, 1.82) is 0 Å². The van der Waals surface area contributed by atoms with Crippen molar-refractivity contribution in [3.8, 4) is 0 Å². The van der Waals surface area contributed by atoms with E-state index in [0.29, 0.717) is 0 Å². The maximum absolute atomic E-state index is 5.89. The van der Waals surface area contributed by atoms with E-state index in [-0.39, 0.29) is 12.1 Å². The van der Waals surface area contributed by atoms with Crippen LogP contribution in [0, 0.1) is 0 Å². The highest BCUT2D eigenvalue weighted by molar-refractivity contribution is 6.30. The van der Waals surface area contributed by atoms with Gasteiger partial charge in [0.05, 0.1) is 0 Å². The number of aliphatic imine (C=N–C) groups is 1. The van der Waals surface area contributed by atoms with Gasteiger partial charge in [0.15, 0.2) is 12.5 Å². The van der Waals surface area contributed by atoms with Crippen molar-refractivity contribution in [3.63, 3.8) is 0 Å². The monoisotopic (exact) mass is 258 g/mol. The molecule has 0 saturated carbocycles. The van der Waals surface area contributed by atoms with Gasteiger partial charge in [-0.05, 0) is 29.3 Å². The van der Waals surface area contributed by atoms with Gasteiger partial charge in [0.25, 0.3) is 0 Å². The Morgan fingerprint density at radius 1 is 1.06 bits per heavy atom. The Bertz CT molecular complexity index is 554. The van der Waals surface area contributed by atoms with Crippen molar-refractivity contribution >= 4 is 18.0 Å². The van der Waals surface area contributed by atoms with Gasteiger partial charge in [0.1, 0.15) is 6.04 Å². The van der Waals surface area contributed by atoms with Crippen LogP contribution in [0.5, 0.6) is 0 Å². The summed E-state index contributed by atoms with van der Waals surface area (Å²) in [5.41, 5.74) is 2.11. The van der Waals surface area contributed by atoms with Crippen molar-refractivity contribution in [2.24, 2.45) is 4.99 Å². The molecule has 0 aliphatic carbocycles.